The minimum atomic E-state index is -6.00. The molecular formula is C8H17BF4N2. The molecule has 0 saturated heterocycles. The fourth-order valence-electron chi connectivity index (χ4n) is 0.965. The van der Waals surface area contributed by atoms with Gasteiger partial charge in [0.25, 0.3) is 0 Å². The lowest BCUT2D eigenvalue weighted by Crippen LogP contribution is -2.38. The molecule has 1 aliphatic heterocycles. The van der Waals surface area contributed by atoms with Gasteiger partial charge in [0, 0.05) is 25.0 Å². The van der Waals surface area contributed by atoms with Crippen molar-refractivity contribution in [3.63, 3.8) is 0 Å². The van der Waals surface area contributed by atoms with E-state index < -0.39 is 7.25 Å². The number of halogens is 4. The van der Waals surface area contributed by atoms with Crippen LogP contribution in [-0.2, 0) is 0 Å². The molecule has 0 amide bonds. The van der Waals surface area contributed by atoms with Gasteiger partial charge in [0.05, 0.1) is 6.67 Å². The molecule has 0 fully saturated rings. The van der Waals surface area contributed by atoms with Crippen molar-refractivity contribution >= 4 is 7.25 Å². The smallest absolute Gasteiger partial charge is 0.418 e. The number of nitrogens with zero attached hydrogens (tertiary/aromatic N) is 2. The van der Waals surface area contributed by atoms with Crippen molar-refractivity contribution in [1.82, 2.24) is 9.80 Å². The molecule has 0 aromatic heterocycles. The maximum absolute atomic E-state index is 9.75. The van der Waals surface area contributed by atoms with Gasteiger partial charge in [-0.2, -0.15) is 0 Å². The lowest BCUT2D eigenvalue weighted by atomic mass is 10.1. The first-order valence-corrected chi connectivity index (χ1v) is 4.53. The number of hydrogen-bond acceptors (Lipinski definition) is 2. The lowest BCUT2D eigenvalue weighted by Gasteiger charge is -2.32. The van der Waals surface area contributed by atoms with Crippen molar-refractivity contribution in [2.75, 3.05) is 13.7 Å². The molecule has 15 heavy (non-hydrogen) atoms. The molecule has 90 valence electrons. The van der Waals surface area contributed by atoms with Crippen molar-refractivity contribution in [3.8, 4) is 0 Å². The van der Waals surface area contributed by atoms with Crippen molar-refractivity contribution in [1.29, 1.82) is 0 Å². The first-order chi connectivity index (χ1) is 6.50. The van der Waals surface area contributed by atoms with Gasteiger partial charge in [-0.3, -0.25) is 0 Å². The summed E-state index contributed by atoms with van der Waals surface area (Å²) in [6.07, 6.45) is 4.24. The Balaban J connectivity index is 0. The molecule has 0 unspecified atom stereocenters. The van der Waals surface area contributed by atoms with Gasteiger partial charge in [0.2, 0.25) is 0 Å². The van der Waals surface area contributed by atoms with E-state index in [1.807, 2.05) is 0 Å². The van der Waals surface area contributed by atoms with Crippen LogP contribution in [0.25, 0.3) is 0 Å². The maximum atomic E-state index is 9.75. The van der Waals surface area contributed by atoms with Gasteiger partial charge in [-0.25, -0.2) is 0 Å². The summed E-state index contributed by atoms with van der Waals surface area (Å²) in [4.78, 5) is 4.48. The van der Waals surface area contributed by atoms with Gasteiger partial charge >= 0.3 is 8.68 Å². The zero-order chi connectivity index (χ0) is 12.3. The van der Waals surface area contributed by atoms with Gasteiger partial charge in [-0.05, 0) is 20.8 Å². The quantitative estimate of drug-likeness (QED) is 0.464. The van der Waals surface area contributed by atoms with E-state index in [2.05, 4.69) is 50.0 Å². The summed E-state index contributed by atoms with van der Waals surface area (Å²) in [5.74, 6) is 0. The van der Waals surface area contributed by atoms with Gasteiger partial charge in [-0.15, -0.1) is 0 Å². The molecule has 0 saturated carbocycles. The first kappa shape index (κ1) is 14.1. The summed E-state index contributed by atoms with van der Waals surface area (Å²) >= 11 is 0. The van der Waals surface area contributed by atoms with E-state index in [0.29, 0.717) is 0 Å². The van der Waals surface area contributed by atoms with Gasteiger partial charge in [0.1, 0.15) is 0 Å². The predicted octanol–water partition coefficient (Wildman–Crippen LogP) is 2.87. The average Bonchev–Trinajstić information content (AvgIpc) is 2.29. The fourth-order valence-corrected chi connectivity index (χ4v) is 0.965. The highest BCUT2D eigenvalue weighted by Crippen LogP contribution is 2.17. The Kier molecular flexibility index (Phi) is 4.49. The molecule has 0 aromatic rings. The highest BCUT2D eigenvalue weighted by Gasteiger charge is 2.21. The molecule has 1 heterocycles. The highest BCUT2D eigenvalue weighted by atomic mass is 19.5. The summed E-state index contributed by atoms with van der Waals surface area (Å²) in [6, 6.07) is 0. The van der Waals surface area contributed by atoms with Gasteiger partial charge < -0.3 is 27.1 Å². The molecule has 1 aliphatic rings. The average molecular weight is 228 g/mol. The Labute approximate surface area is 89.1 Å². The van der Waals surface area contributed by atoms with Crippen molar-refractivity contribution in [2.45, 2.75) is 26.3 Å². The van der Waals surface area contributed by atoms with E-state index in [0.717, 1.165) is 6.67 Å². The molecule has 0 aromatic carbocycles. The first-order valence-electron chi connectivity index (χ1n) is 4.53. The topological polar surface area (TPSA) is 6.48 Å². The summed E-state index contributed by atoms with van der Waals surface area (Å²) in [5.41, 5.74) is 0.265. The van der Waals surface area contributed by atoms with E-state index in [-0.39, 0.29) is 6.97 Å². The van der Waals surface area contributed by atoms with E-state index in [4.69, 9.17) is 0 Å². The minimum absolute atomic E-state index is 0. The standard InChI is InChI=1S/C8H16N2.BF4/c1-8(2,3)10-6-5-9(4)7-10;2-1(3,4)5/h5-6H,7H2,1-4H3;/q;-1/p+1. The Morgan fingerprint density at radius 2 is 1.53 bits per heavy atom. The van der Waals surface area contributed by atoms with Crippen LogP contribution in [0.4, 0.5) is 17.3 Å². The van der Waals surface area contributed by atoms with Crippen LogP contribution in [0.3, 0.4) is 0 Å². The van der Waals surface area contributed by atoms with Crippen LogP contribution in [0.15, 0.2) is 12.4 Å². The largest absolute Gasteiger partial charge is 1.00 e. The summed E-state index contributed by atoms with van der Waals surface area (Å²) < 4.78 is 39.0. The summed E-state index contributed by atoms with van der Waals surface area (Å²) in [5, 5.41) is 0. The molecule has 0 aliphatic carbocycles. The zero-order valence-electron chi connectivity index (χ0n) is 10.3. The Morgan fingerprint density at radius 1 is 1.13 bits per heavy atom. The third kappa shape index (κ3) is 8.14. The van der Waals surface area contributed by atoms with Crippen LogP contribution in [0.2, 0.25) is 0 Å². The molecule has 2 nitrogen and oxygen atoms in total. The molecule has 0 atom stereocenters. The zero-order valence-corrected chi connectivity index (χ0v) is 9.35. The van der Waals surface area contributed by atoms with E-state index in [1.165, 1.54) is 0 Å². The third-order valence-electron chi connectivity index (χ3n) is 1.74. The second kappa shape index (κ2) is 4.76. The predicted molar refractivity (Wildman–Crippen MR) is 54.7 cm³/mol. The van der Waals surface area contributed by atoms with E-state index in [1.54, 1.807) is 0 Å². The van der Waals surface area contributed by atoms with Crippen molar-refractivity contribution in [2.24, 2.45) is 0 Å². The minimum Gasteiger partial charge on any atom is -0.418 e. The fraction of sp³-hybridized carbons (Fsp3) is 0.750. The van der Waals surface area contributed by atoms with Crippen LogP contribution in [-0.4, -0.2) is 36.3 Å². The van der Waals surface area contributed by atoms with E-state index in [9.17, 15) is 17.3 Å². The summed E-state index contributed by atoms with van der Waals surface area (Å²) in [6.45, 7) is 7.67. The van der Waals surface area contributed by atoms with Crippen molar-refractivity contribution in [3.05, 3.63) is 12.4 Å². The summed E-state index contributed by atoms with van der Waals surface area (Å²) in [7, 11) is -3.91. The van der Waals surface area contributed by atoms with Crippen LogP contribution >= 0.6 is 0 Å². The molecule has 1 rings (SSSR count). The molecule has 0 bridgehead atoms. The molecular weight excluding hydrogens is 211 g/mol. The number of rotatable bonds is 0. The molecule has 0 radical (unpaired) electrons. The van der Waals surface area contributed by atoms with E-state index >= 15 is 0 Å². The van der Waals surface area contributed by atoms with Crippen LogP contribution < -0.4 is 0 Å². The molecule has 0 N–H and O–H groups in total. The molecule has 0 spiro atoms. The monoisotopic (exact) mass is 228 g/mol. The van der Waals surface area contributed by atoms with Crippen LogP contribution in [0, 0.1) is 0 Å². The van der Waals surface area contributed by atoms with Crippen molar-refractivity contribution < 1.29 is 18.7 Å². The Morgan fingerprint density at radius 3 is 1.67 bits per heavy atom. The second-order valence-corrected chi connectivity index (χ2v) is 4.33. The lowest BCUT2D eigenvalue weighted by molar-refractivity contribution is 0.174. The van der Waals surface area contributed by atoms with Gasteiger partial charge in [0.15, 0.2) is 0 Å². The Hall–Kier alpha value is -0.875. The number of hydrogen-bond donors (Lipinski definition) is 0. The normalized spacial score (nSPS) is 16.5. The second-order valence-electron chi connectivity index (χ2n) is 4.33. The third-order valence-corrected chi connectivity index (χ3v) is 1.74. The maximum Gasteiger partial charge on any atom is 1.00 e. The molecule has 7 heteroatoms. The highest BCUT2D eigenvalue weighted by molar-refractivity contribution is 6.50. The van der Waals surface area contributed by atoms with Gasteiger partial charge in [-0.1, -0.05) is 0 Å². The SMILES string of the molecule is CN1C=CN(C(C)(C)C)C1.F[B-](F)(F)F.[H+]. The van der Waals surface area contributed by atoms with Crippen LogP contribution in [0.5, 0.6) is 0 Å². The van der Waals surface area contributed by atoms with Crippen LogP contribution in [0.1, 0.15) is 22.2 Å². The Bertz CT molecular complexity index is 221.